The van der Waals surface area contributed by atoms with Gasteiger partial charge in [0.2, 0.25) is 0 Å². The molecule has 0 radical (unpaired) electrons. The van der Waals surface area contributed by atoms with Crippen LogP contribution in [0.5, 0.6) is 0 Å². The first-order valence-corrected chi connectivity index (χ1v) is 6.71. The van der Waals surface area contributed by atoms with Gasteiger partial charge in [0.15, 0.2) is 0 Å². The zero-order chi connectivity index (χ0) is 13.5. The predicted octanol–water partition coefficient (Wildman–Crippen LogP) is 2.47. The third-order valence-corrected chi connectivity index (χ3v) is 3.28. The highest BCUT2D eigenvalue weighted by atomic mass is 35.5. The molecule has 1 atom stereocenters. The van der Waals surface area contributed by atoms with Crippen LogP contribution in [0.2, 0.25) is 5.02 Å². The molecule has 102 valence electrons. The molecule has 0 aliphatic carbocycles. The lowest BCUT2D eigenvalue weighted by Gasteiger charge is -2.26. The predicted molar refractivity (Wildman–Crippen MR) is 74.8 cm³/mol. The van der Waals surface area contributed by atoms with Gasteiger partial charge in [0.05, 0.1) is 12.7 Å². The molecule has 18 heavy (non-hydrogen) atoms. The Morgan fingerprint density at radius 3 is 2.56 bits per heavy atom. The molecule has 0 fully saturated rings. The zero-order valence-electron chi connectivity index (χ0n) is 11.0. The zero-order valence-corrected chi connectivity index (χ0v) is 11.8. The van der Waals surface area contributed by atoms with Crippen molar-refractivity contribution in [1.82, 2.24) is 4.90 Å². The van der Waals surface area contributed by atoms with Gasteiger partial charge in [0, 0.05) is 24.2 Å². The van der Waals surface area contributed by atoms with Crippen LogP contribution in [-0.4, -0.2) is 40.9 Å². The molecule has 3 nitrogen and oxygen atoms in total. The first-order valence-electron chi connectivity index (χ1n) is 6.33. The molecule has 0 saturated heterocycles. The van der Waals surface area contributed by atoms with Crippen LogP contribution < -0.4 is 0 Å². The van der Waals surface area contributed by atoms with Crippen molar-refractivity contribution < 1.29 is 10.2 Å². The minimum atomic E-state index is -0.511. The number of aliphatic hydroxyl groups is 2. The maximum absolute atomic E-state index is 10.1. The van der Waals surface area contributed by atoms with Crippen molar-refractivity contribution in [2.75, 3.05) is 19.7 Å². The van der Waals surface area contributed by atoms with Gasteiger partial charge in [-0.2, -0.15) is 0 Å². The van der Waals surface area contributed by atoms with Crippen molar-refractivity contribution in [3.63, 3.8) is 0 Å². The van der Waals surface area contributed by atoms with E-state index in [2.05, 4.69) is 18.7 Å². The SMILES string of the molecule is CC(C)N(CCO)CCC(O)c1cccc(Cl)c1. The van der Waals surface area contributed by atoms with Crippen LogP contribution in [0.25, 0.3) is 0 Å². The van der Waals surface area contributed by atoms with Gasteiger partial charge in [-0.1, -0.05) is 23.7 Å². The third-order valence-electron chi connectivity index (χ3n) is 3.04. The normalized spacial score (nSPS) is 13.3. The average molecular weight is 272 g/mol. The maximum atomic E-state index is 10.1. The minimum Gasteiger partial charge on any atom is -0.395 e. The van der Waals surface area contributed by atoms with Crippen molar-refractivity contribution in [3.8, 4) is 0 Å². The Balaban J connectivity index is 2.51. The quantitative estimate of drug-likeness (QED) is 0.801. The molecule has 0 amide bonds. The summed E-state index contributed by atoms with van der Waals surface area (Å²) < 4.78 is 0. The summed E-state index contributed by atoms with van der Waals surface area (Å²) in [6.07, 6.45) is 0.127. The largest absolute Gasteiger partial charge is 0.395 e. The van der Waals surface area contributed by atoms with Crippen LogP contribution in [0.1, 0.15) is 31.9 Å². The topological polar surface area (TPSA) is 43.7 Å². The van der Waals surface area contributed by atoms with E-state index in [1.54, 1.807) is 12.1 Å². The first kappa shape index (κ1) is 15.4. The Morgan fingerprint density at radius 1 is 1.28 bits per heavy atom. The van der Waals surface area contributed by atoms with Gasteiger partial charge in [-0.15, -0.1) is 0 Å². The molecular weight excluding hydrogens is 250 g/mol. The van der Waals surface area contributed by atoms with Crippen molar-refractivity contribution >= 4 is 11.6 Å². The minimum absolute atomic E-state index is 0.144. The van der Waals surface area contributed by atoms with Gasteiger partial charge >= 0.3 is 0 Å². The van der Waals surface area contributed by atoms with Gasteiger partial charge < -0.3 is 10.2 Å². The number of rotatable bonds is 7. The summed E-state index contributed by atoms with van der Waals surface area (Å²) in [4.78, 5) is 2.15. The van der Waals surface area contributed by atoms with Crippen LogP contribution in [0.4, 0.5) is 0 Å². The summed E-state index contributed by atoms with van der Waals surface area (Å²) in [6.45, 7) is 5.71. The molecule has 0 aliphatic heterocycles. The van der Waals surface area contributed by atoms with E-state index in [0.717, 1.165) is 12.1 Å². The van der Waals surface area contributed by atoms with Gasteiger partial charge in [-0.3, -0.25) is 4.90 Å². The molecule has 1 unspecified atom stereocenters. The van der Waals surface area contributed by atoms with Gasteiger partial charge in [0.25, 0.3) is 0 Å². The van der Waals surface area contributed by atoms with Gasteiger partial charge in [-0.25, -0.2) is 0 Å². The molecular formula is C14H22ClNO2. The monoisotopic (exact) mass is 271 g/mol. The Morgan fingerprint density at radius 2 is 2.00 bits per heavy atom. The van der Waals surface area contributed by atoms with Crippen LogP contribution in [0.3, 0.4) is 0 Å². The van der Waals surface area contributed by atoms with E-state index in [4.69, 9.17) is 16.7 Å². The number of halogens is 1. The number of aliphatic hydroxyl groups excluding tert-OH is 2. The molecule has 0 spiro atoms. The van der Waals surface area contributed by atoms with Crippen molar-refractivity contribution in [1.29, 1.82) is 0 Å². The number of nitrogens with zero attached hydrogens (tertiary/aromatic N) is 1. The highest BCUT2D eigenvalue weighted by molar-refractivity contribution is 6.30. The second-order valence-electron chi connectivity index (χ2n) is 4.71. The second-order valence-corrected chi connectivity index (χ2v) is 5.15. The Labute approximate surface area is 114 Å². The third kappa shape index (κ3) is 4.94. The van der Waals surface area contributed by atoms with E-state index in [9.17, 15) is 5.11 Å². The van der Waals surface area contributed by atoms with Crippen LogP contribution in [-0.2, 0) is 0 Å². The molecule has 0 saturated carbocycles. The van der Waals surface area contributed by atoms with Crippen molar-refractivity contribution in [2.45, 2.75) is 32.4 Å². The highest BCUT2D eigenvalue weighted by Crippen LogP contribution is 2.20. The van der Waals surface area contributed by atoms with E-state index < -0.39 is 6.10 Å². The fourth-order valence-electron chi connectivity index (χ4n) is 1.93. The van der Waals surface area contributed by atoms with E-state index in [1.807, 2.05) is 12.1 Å². The molecule has 2 N–H and O–H groups in total. The molecule has 4 heteroatoms. The molecule has 0 heterocycles. The van der Waals surface area contributed by atoms with Crippen LogP contribution >= 0.6 is 11.6 Å². The standard InChI is InChI=1S/C14H22ClNO2/c1-11(2)16(8-9-17)7-6-14(18)12-4-3-5-13(15)10-12/h3-5,10-11,14,17-18H,6-9H2,1-2H3. The Bertz CT molecular complexity index is 357. The smallest absolute Gasteiger partial charge is 0.0802 e. The Hall–Kier alpha value is -0.610. The number of hydrogen-bond acceptors (Lipinski definition) is 3. The highest BCUT2D eigenvalue weighted by Gasteiger charge is 2.13. The molecule has 1 aromatic carbocycles. The van der Waals surface area contributed by atoms with Crippen molar-refractivity contribution in [3.05, 3.63) is 34.9 Å². The summed E-state index contributed by atoms with van der Waals surface area (Å²) in [5.74, 6) is 0. The summed E-state index contributed by atoms with van der Waals surface area (Å²) in [5, 5.41) is 19.7. The first-order chi connectivity index (χ1) is 8.54. The Kier molecular flexibility index (Phi) is 6.65. The lowest BCUT2D eigenvalue weighted by atomic mass is 10.1. The van der Waals surface area contributed by atoms with E-state index in [0.29, 0.717) is 24.0 Å². The average Bonchev–Trinajstić information content (AvgIpc) is 2.33. The number of benzene rings is 1. The fourth-order valence-corrected chi connectivity index (χ4v) is 2.12. The maximum Gasteiger partial charge on any atom is 0.0802 e. The number of hydrogen-bond donors (Lipinski definition) is 2. The van der Waals surface area contributed by atoms with Crippen LogP contribution in [0.15, 0.2) is 24.3 Å². The summed E-state index contributed by atoms with van der Waals surface area (Å²) in [5.41, 5.74) is 0.843. The molecule has 0 aliphatic rings. The van der Waals surface area contributed by atoms with E-state index in [-0.39, 0.29) is 6.61 Å². The summed E-state index contributed by atoms with van der Waals surface area (Å²) >= 11 is 5.90. The molecule has 1 aromatic rings. The second kappa shape index (κ2) is 7.74. The van der Waals surface area contributed by atoms with Gasteiger partial charge in [-0.05, 0) is 38.0 Å². The molecule has 1 rings (SSSR count). The van der Waals surface area contributed by atoms with Gasteiger partial charge in [0.1, 0.15) is 0 Å². The summed E-state index contributed by atoms with van der Waals surface area (Å²) in [7, 11) is 0. The molecule has 0 bridgehead atoms. The van der Waals surface area contributed by atoms with E-state index in [1.165, 1.54) is 0 Å². The van der Waals surface area contributed by atoms with Crippen LogP contribution in [0, 0.1) is 0 Å². The fraction of sp³-hybridized carbons (Fsp3) is 0.571. The summed E-state index contributed by atoms with van der Waals surface area (Å²) in [6, 6.07) is 7.67. The lowest BCUT2D eigenvalue weighted by Crippen LogP contribution is -2.35. The van der Waals surface area contributed by atoms with Crippen molar-refractivity contribution in [2.24, 2.45) is 0 Å². The molecule has 0 aromatic heterocycles. The lowest BCUT2D eigenvalue weighted by molar-refractivity contribution is 0.116. The van der Waals surface area contributed by atoms with E-state index >= 15 is 0 Å².